The van der Waals surface area contributed by atoms with E-state index < -0.39 is 0 Å². The van der Waals surface area contributed by atoms with Gasteiger partial charge >= 0.3 is 0 Å². The highest BCUT2D eigenvalue weighted by atomic mass is 15.3. The number of nitrogens with one attached hydrogen (secondary N) is 1. The molecule has 0 fully saturated rings. The molecule has 1 heterocycles. The molecule has 1 aromatic heterocycles. The Morgan fingerprint density at radius 2 is 2.10 bits per heavy atom. The summed E-state index contributed by atoms with van der Waals surface area (Å²) in [7, 11) is 0. The van der Waals surface area contributed by atoms with E-state index in [0.29, 0.717) is 5.82 Å². The third-order valence-corrected chi connectivity index (χ3v) is 1.24. The number of nitrogens with zero attached hydrogens (tertiary/aromatic N) is 2. The largest absolute Gasteiger partial charge is 0.307 e. The summed E-state index contributed by atoms with van der Waals surface area (Å²) in [4.78, 5) is 0. The highest BCUT2D eigenvalue weighted by Gasteiger charge is 1.96. The van der Waals surface area contributed by atoms with Crippen molar-refractivity contribution in [3.8, 4) is 0 Å². The lowest BCUT2D eigenvalue weighted by Gasteiger charge is -2.01. The van der Waals surface area contributed by atoms with Gasteiger partial charge in [-0.2, -0.15) is 5.10 Å². The van der Waals surface area contributed by atoms with Gasteiger partial charge in [0, 0.05) is 0 Å². The Balaban J connectivity index is 3.07. The van der Waals surface area contributed by atoms with Crippen molar-refractivity contribution in [2.45, 2.75) is 13.8 Å². The van der Waals surface area contributed by atoms with Crippen molar-refractivity contribution in [1.29, 1.82) is 0 Å². The Kier molecular flexibility index (Phi) is 1.82. The zero-order chi connectivity index (χ0) is 7.56. The van der Waals surface area contributed by atoms with Crippen LogP contribution in [-0.2, 0) is 0 Å². The number of rotatable bonds is 1. The van der Waals surface area contributed by atoms with Crippen LogP contribution in [0.1, 0.15) is 11.3 Å². The van der Waals surface area contributed by atoms with Crippen molar-refractivity contribution in [3.63, 3.8) is 0 Å². The predicted molar refractivity (Wildman–Crippen MR) is 39.3 cm³/mol. The average Bonchev–Trinajstić information content (AvgIpc) is 1.88. The molecule has 0 bridgehead atoms. The molecular formula is C6H10N4. The van der Waals surface area contributed by atoms with Gasteiger partial charge in [-0.25, -0.2) is 5.84 Å². The summed E-state index contributed by atoms with van der Waals surface area (Å²) < 4.78 is 0. The van der Waals surface area contributed by atoms with Crippen molar-refractivity contribution in [2.75, 3.05) is 5.43 Å². The Morgan fingerprint density at radius 1 is 1.40 bits per heavy atom. The number of hydrazine groups is 1. The predicted octanol–water partition coefficient (Wildman–Crippen LogP) is 0.379. The van der Waals surface area contributed by atoms with Crippen LogP contribution in [0.2, 0.25) is 0 Å². The number of aryl methyl sites for hydroxylation is 2. The maximum atomic E-state index is 5.15. The summed E-state index contributed by atoms with van der Waals surface area (Å²) in [6, 6.07) is 1.92. The fourth-order valence-electron chi connectivity index (χ4n) is 0.761. The molecule has 0 aliphatic heterocycles. The fraction of sp³-hybridized carbons (Fsp3) is 0.333. The second-order valence-corrected chi connectivity index (χ2v) is 2.16. The first-order valence-corrected chi connectivity index (χ1v) is 3.01. The zero-order valence-electron chi connectivity index (χ0n) is 6.05. The molecule has 4 nitrogen and oxygen atoms in total. The van der Waals surface area contributed by atoms with Crippen LogP contribution >= 0.6 is 0 Å². The zero-order valence-corrected chi connectivity index (χ0v) is 6.05. The molecule has 0 radical (unpaired) electrons. The minimum atomic E-state index is 0.630. The van der Waals surface area contributed by atoms with Gasteiger partial charge in [-0.05, 0) is 25.5 Å². The summed E-state index contributed by atoms with van der Waals surface area (Å²) in [6.07, 6.45) is 0. The molecule has 0 aliphatic rings. The lowest BCUT2D eigenvalue weighted by molar-refractivity contribution is 0.961. The lowest BCUT2D eigenvalue weighted by Crippen LogP contribution is -2.11. The Hall–Kier alpha value is -1.16. The van der Waals surface area contributed by atoms with Crippen LogP contribution in [0.25, 0.3) is 0 Å². The van der Waals surface area contributed by atoms with Crippen molar-refractivity contribution < 1.29 is 0 Å². The summed E-state index contributed by atoms with van der Waals surface area (Å²) in [5, 5.41) is 7.63. The van der Waals surface area contributed by atoms with E-state index >= 15 is 0 Å². The maximum absolute atomic E-state index is 5.15. The standard InChI is InChI=1S/C6H10N4/c1-4-3-5(2)9-10-6(4)8-7/h3H,7H2,1-2H3,(H,8,10). The van der Waals surface area contributed by atoms with E-state index in [9.17, 15) is 0 Å². The first-order chi connectivity index (χ1) is 4.74. The first-order valence-electron chi connectivity index (χ1n) is 3.01. The maximum Gasteiger partial charge on any atom is 0.165 e. The van der Waals surface area contributed by atoms with Crippen molar-refractivity contribution >= 4 is 5.82 Å². The molecule has 3 N–H and O–H groups in total. The molecule has 0 atom stereocenters. The molecule has 10 heavy (non-hydrogen) atoms. The molecular weight excluding hydrogens is 128 g/mol. The molecule has 54 valence electrons. The minimum absolute atomic E-state index is 0.630. The topological polar surface area (TPSA) is 63.8 Å². The van der Waals surface area contributed by atoms with Gasteiger partial charge in [0.25, 0.3) is 0 Å². The highest BCUT2D eigenvalue weighted by molar-refractivity contribution is 5.40. The van der Waals surface area contributed by atoms with E-state index in [1.807, 2.05) is 19.9 Å². The SMILES string of the molecule is Cc1cc(C)c(NN)nn1. The molecule has 4 heteroatoms. The van der Waals surface area contributed by atoms with E-state index in [0.717, 1.165) is 11.3 Å². The van der Waals surface area contributed by atoms with Crippen LogP contribution in [0, 0.1) is 13.8 Å². The van der Waals surface area contributed by atoms with Crippen LogP contribution in [0.4, 0.5) is 5.82 Å². The van der Waals surface area contributed by atoms with Gasteiger partial charge in [0.15, 0.2) is 5.82 Å². The normalized spacial score (nSPS) is 9.50. The van der Waals surface area contributed by atoms with Crippen molar-refractivity contribution in [2.24, 2.45) is 5.84 Å². The summed E-state index contributed by atoms with van der Waals surface area (Å²) in [5.41, 5.74) is 4.36. The van der Waals surface area contributed by atoms with Gasteiger partial charge in [0.05, 0.1) is 5.69 Å². The third-order valence-electron chi connectivity index (χ3n) is 1.24. The van der Waals surface area contributed by atoms with Gasteiger partial charge < -0.3 is 5.43 Å². The van der Waals surface area contributed by atoms with Crippen LogP contribution in [-0.4, -0.2) is 10.2 Å². The minimum Gasteiger partial charge on any atom is -0.307 e. The second-order valence-electron chi connectivity index (χ2n) is 2.16. The molecule has 0 unspecified atom stereocenters. The number of nitrogens with two attached hydrogens (primary N) is 1. The number of hydrogen-bond acceptors (Lipinski definition) is 4. The lowest BCUT2D eigenvalue weighted by atomic mass is 10.3. The molecule has 0 saturated carbocycles. The van der Waals surface area contributed by atoms with Gasteiger partial charge in [-0.1, -0.05) is 0 Å². The third kappa shape index (κ3) is 1.22. The Bertz CT molecular complexity index is 233. The summed E-state index contributed by atoms with van der Waals surface area (Å²) in [6.45, 7) is 3.82. The molecule has 0 aliphatic carbocycles. The van der Waals surface area contributed by atoms with Gasteiger partial charge in [0.2, 0.25) is 0 Å². The van der Waals surface area contributed by atoms with Crippen LogP contribution < -0.4 is 11.3 Å². The highest BCUT2D eigenvalue weighted by Crippen LogP contribution is 2.07. The molecule has 0 saturated heterocycles. The van der Waals surface area contributed by atoms with Crippen LogP contribution in [0.3, 0.4) is 0 Å². The quantitative estimate of drug-likeness (QED) is 0.435. The first kappa shape index (κ1) is 6.95. The number of nitrogen functional groups attached to an aromatic ring is 1. The van der Waals surface area contributed by atoms with Crippen LogP contribution in [0.5, 0.6) is 0 Å². The monoisotopic (exact) mass is 138 g/mol. The number of aromatic nitrogens is 2. The summed E-state index contributed by atoms with van der Waals surface area (Å²) in [5.74, 6) is 5.78. The molecule has 1 aromatic rings. The Labute approximate surface area is 59.4 Å². The van der Waals surface area contributed by atoms with Gasteiger partial charge in [0.1, 0.15) is 0 Å². The molecule has 0 amide bonds. The second kappa shape index (κ2) is 2.62. The smallest absolute Gasteiger partial charge is 0.165 e. The molecule has 1 rings (SSSR count). The summed E-state index contributed by atoms with van der Waals surface area (Å²) >= 11 is 0. The van der Waals surface area contributed by atoms with E-state index in [1.165, 1.54) is 0 Å². The van der Waals surface area contributed by atoms with Crippen molar-refractivity contribution in [3.05, 3.63) is 17.3 Å². The van der Waals surface area contributed by atoms with E-state index in [1.54, 1.807) is 0 Å². The van der Waals surface area contributed by atoms with Crippen LogP contribution in [0.15, 0.2) is 6.07 Å². The Morgan fingerprint density at radius 3 is 2.60 bits per heavy atom. The molecule has 0 spiro atoms. The van der Waals surface area contributed by atoms with E-state index in [2.05, 4.69) is 15.6 Å². The van der Waals surface area contributed by atoms with Gasteiger partial charge in [-0.3, -0.25) is 0 Å². The van der Waals surface area contributed by atoms with Crippen molar-refractivity contribution in [1.82, 2.24) is 10.2 Å². The number of hydrogen-bond donors (Lipinski definition) is 2. The van der Waals surface area contributed by atoms with E-state index in [-0.39, 0.29) is 0 Å². The van der Waals surface area contributed by atoms with Gasteiger partial charge in [-0.15, -0.1) is 5.10 Å². The number of anilines is 1. The average molecular weight is 138 g/mol. The van der Waals surface area contributed by atoms with E-state index in [4.69, 9.17) is 5.84 Å². The molecule has 0 aromatic carbocycles. The fourth-order valence-corrected chi connectivity index (χ4v) is 0.761.